The molecule has 0 spiro atoms. The van der Waals surface area contributed by atoms with Crippen LogP contribution in [0.2, 0.25) is 0 Å². The highest BCUT2D eigenvalue weighted by Crippen LogP contribution is 2.31. The van der Waals surface area contributed by atoms with E-state index in [1.54, 1.807) is 17.7 Å². The van der Waals surface area contributed by atoms with Gasteiger partial charge in [-0.25, -0.2) is 18.3 Å². The molecule has 0 atom stereocenters. The highest BCUT2D eigenvalue weighted by Gasteiger charge is 2.35. The molecular formula is C22H23F2N5O2. The first-order valence-electron chi connectivity index (χ1n) is 10.4. The molecule has 0 bridgehead atoms. The van der Waals surface area contributed by atoms with Crippen LogP contribution in [0.5, 0.6) is 0 Å². The van der Waals surface area contributed by atoms with Gasteiger partial charge in [0.1, 0.15) is 0 Å². The molecule has 0 unspecified atom stereocenters. The summed E-state index contributed by atoms with van der Waals surface area (Å²) in [6, 6.07) is 11.4. The quantitative estimate of drug-likeness (QED) is 0.631. The Kier molecular flexibility index (Phi) is 4.56. The fourth-order valence-corrected chi connectivity index (χ4v) is 4.47. The molecule has 0 N–H and O–H groups in total. The van der Waals surface area contributed by atoms with Crippen LogP contribution in [0.4, 0.5) is 14.5 Å². The lowest BCUT2D eigenvalue weighted by Gasteiger charge is -2.32. The molecule has 2 aromatic carbocycles. The van der Waals surface area contributed by atoms with Crippen LogP contribution in [-0.2, 0) is 20.1 Å². The van der Waals surface area contributed by atoms with Gasteiger partial charge in [-0.05, 0) is 23.6 Å². The minimum Gasteiger partial charge on any atom is -0.362 e. The number of carbonyl (C=O) groups excluding carboxylic acids is 1. The smallest absolute Gasteiger partial charge is 0.345 e. The average Bonchev–Trinajstić information content (AvgIpc) is 3.05. The summed E-state index contributed by atoms with van der Waals surface area (Å²) in [5, 5.41) is 6.24. The van der Waals surface area contributed by atoms with Crippen molar-refractivity contribution in [3.63, 3.8) is 0 Å². The number of nitrogens with zero attached hydrogens (tertiary/aromatic N) is 5. The van der Waals surface area contributed by atoms with Gasteiger partial charge in [-0.15, -0.1) is 0 Å². The van der Waals surface area contributed by atoms with Gasteiger partial charge in [0.15, 0.2) is 5.82 Å². The number of aromatic nitrogens is 3. The molecule has 0 radical (unpaired) electrons. The van der Waals surface area contributed by atoms with E-state index in [9.17, 15) is 18.4 Å². The zero-order valence-electron chi connectivity index (χ0n) is 17.2. The fourth-order valence-electron chi connectivity index (χ4n) is 4.47. The second-order valence-corrected chi connectivity index (χ2v) is 8.26. The number of piperidine rings is 1. The third-order valence-corrected chi connectivity index (χ3v) is 6.24. The molecule has 1 amide bonds. The van der Waals surface area contributed by atoms with Crippen LogP contribution in [0.25, 0.3) is 10.8 Å². The van der Waals surface area contributed by atoms with Crippen molar-refractivity contribution in [2.75, 3.05) is 24.5 Å². The third kappa shape index (κ3) is 3.47. The van der Waals surface area contributed by atoms with Gasteiger partial charge < -0.3 is 9.80 Å². The van der Waals surface area contributed by atoms with Gasteiger partial charge in [0.2, 0.25) is 0 Å². The lowest BCUT2D eigenvalue weighted by atomic mass is 10.0. The third-order valence-electron chi connectivity index (χ3n) is 6.24. The van der Waals surface area contributed by atoms with Crippen LogP contribution in [0.1, 0.15) is 29.0 Å². The van der Waals surface area contributed by atoms with E-state index in [4.69, 9.17) is 0 Å². The normalized spacial score (nSPS) is 18.3. The Labute approximate surface area is 177 Å². The summed E-state index contributed by atoms with van der Waals surface area (Å²) in [5.74, 6) is -2.16. The maximum absolute atomic E-state index is 13.4. The van der Waals surface area contributed by atoms with Crippen LogP contribution in [-0.4, -0.2) is 50.7 Å². The van der Waals surface area contributed by atoms with Crippen molar-refractivity contribution in [1.82, 2.24) is 19.2 Å². The number of likely N-dealkylation sites (tertiary alicyclic amines) is 1. The molecule has 3 heterocycles. The minimum absolute atomic E-state index is 0.0729. The molecule has 1 saturated heterocycles. The van der Waals surface area contributed by atoms with E-state index in [0.29, 0.717) is 25.2 Å². The molecule has 5 rings (SSSR count). The molecule has 7 nitrogen and oxygen atoms in total. The number of hydrogen-bond donors (Lipinski definition) is 0. The number of rotatable bonds is 2. The van der Waals surface area contributed by atoms with Gasteiger partial charge in [0.05, 0.1) is 6.54 Å². The van der Waals surface area contributed by atoms with Gasteiger partial charge in [-0.1, -0.05) is 18.2 Å². The molecule has 3 aromatic rings. The number of alkyl halides is 2. The van der Waals surface area contributed by atoms with Gasteiger partial charge in [0.25, 0.3) is 11.8 Å². The minimum atomic E-state index is -2.68. The Morgan fingerprint density at radius 2 is 1.84 bits per heavy atom. The van der Waals surface area contributed by atoms with E-state index in [-0.39, 0.29) is 37.5 Å². The first-order chi connectivity index (χ1) is 14.8. The molecule has 31 heavy (non-hydrogen) atoms. The Morgan fingerprint density at radius 1 is 1.06 bits per heavy atom. The van der Waals surface area contributed by atoms with E-state index >= 15 is 0 Å². The summed E-state index contributed by atoms with van der Waals surface area (Å²) in [4.78, 5) is 28.6. The molecular weight excluding hydrogens is 404 g/mol. The standard InChI is InChI=1S/C22H23F2N5O2/c1-26-21(31)29-12-11-28(14-19(29)25-26)18-4-2-3-15-13-16(5-6-17(15)18)20(30)27-9-7-22(23,24)8-10-27/h2-6,13H,7-12,14H2,1H3. The van der Waals surface area contributed by atoms with Crippen LogP contribution in [0.3, 0.4) is 0 Å². The molecule has 162 valence electrons. The highest BCUT2D eigenvalue weighted by atomic mass is 19.3. The van der Waals surface area contributed by atoms with Crippen LogP contribution in [0.15, 0.2) is 41.2 Å². The Morgan fingerprint density at radius 3 is 2.61 bits per heavy atom. The van der Waals surface area contributed by atoms with Crippen LogP contribution in [0, 0.1) is 0 Å². The number of amides is 1. The number of anilines is 1. The summed E-state index contributed by atoms with van der Waals surface area (Å²) < 4.78 is 29.9. The lowest BCUT2D eigenvalue weighted by Crippen LogP contribution is -2.42. The number of carbonyl (C=O) groups is 1. The summed E-state index contributed by atoms with van der Waals surface area (Å²) in [6.45, 7) is 1.92. The predicted molar refractivity (Wildman–Crippen MR) is 113 cm³/mol. The summed E-state index contributed by atoms with van der Waals surface area (Å²) in [7, 11) is 1.65. The lowest BCUT2D eigenvalue weighted by molar-refractivity contribution is -0.0494. The molecule has 0 aliphatic carbocycles. The van der Waals surface area contributed by atoms with Gasteiger partial charge in [-0.2, -0.15) is 5.10 Å². The molecule has 9 heteroatoms. The number of aryl methyl sites for hydroxylation is 1. The zero-order chi connectivity index (χ0) is 21.8. The Balaban J connectivity index is 1.42. The summed E-state index contributed by atoms with van der Waals surface area (Å²) >= 11 is 0. The first-order valence-corrected chi connectivity index (χ1v) is 10.4. The molecule has 1 aromatic heterocycles. The van der Waals surface area contributed by atoms with Crippen LogP contribution < -0.4 is 10.6 Å². The maximum Gasteiger partial charge on any atom is 0.345 e. The monoisotopic (exact) mass is 427 g/mol. The number of fused-ring (bicyclic) bond motifs is 2. The van der Waals surface area contributed by atoms with Gasteiger partial charge >= 0.3 is 5.69 Å². The number of benzene rings is 2. The fraction of sp³-hybridized carbons (Fsp3) is 0.409. The van der Waals surface area contributed by atoms with E-state index in [1.807, 2.05) is 30.3 Å². The van der Waals surface area contributed by atoms with E-state index in [2.05, 4.69) is 10.00 Å². The van der Waals surface area contributed by atoms with Crippen molar-refractivity contribution in [3.8, 4) is 0 Å². The second-order valence-electron chi connectivity index (χ2n) is 8.26. The van der Waals surface area contributed by atoms with E-state index in [1.165, 1.54) is 9.58 Å². The largest absolute Gasteiger partial charge is 0.362 e. The number of halogens is 2. The second kappa shape index (κ2) is 7.18. The SMILES string of the molecule is Cn1nc2n(c1=O)CCN(c1cccc3cc(C(=O)N4CCC(F)(F)CC4)ccc13)C2. The van der Waals surface area contributed by atoms with Gasteiger partial charge in [-0.3, -0.25) is 9.36 Å². The van der Waals surface area contributed by atoms with Crippen molar-refractivity contribution >= 4 is 22.4 Å². The summed E-state index contributed by atoms with van der Waals surface area (Å²) in [6.07, 6.45) is -0.575. The maximum atomic E-state index is 13.4. The van der Waals surface area contributed by atoms with E-state index in [0.717, 1.165) is 22.3 Å². The predicted octanol–water partition coefficient (Wildman–Crippen LogP) is 2.63. The molecule has 1 fully saturated rings. The highest BCUT2D eigenvalue weighted by molar-refractivity contribution is 6.01. The Hall–Kier alpha value is -3.23. The number of hydrogen-bond acceptors (Lipinski definition) is 4. The van der Waals surface area contributed by atoms with Crippen LogP contribution >= 0.6 is 0 Å². The average molecular weight is 427 g/mol. The van der Waals surface area contributed by atoms with Crippen molar-refractivity contribution in [2.24, 2.45) is 7.05 Å². The first kappa shape index (κ1) is 19.7. The van der Waals surface area contributed by atoms with E-state index < -0.39 is 5.92 Å². The van der Waals surface area contributed by atoms with Crippen molar-refractivity contribution in [2.45, 2.75) is 31.9 Å². The molecule has 2 aliphatic rings. The van der Waals surface area contributed by atoms with Crippen molar-refractivity contribution < 1.29 is 13.6 Å². The Bertz CT molecular complexity index is 1220. The van der Waals surface area contributed by atoms with Gasteiger partial charge in [0, 0.05) is 62.7 Å². The zero-order valence-corrected chi connectivity index (χ0v) is 17.2. The van der Waals surface area contributed by atoms with Crippen molar-refractivity contribution in [3.05, 3.63) is 58.3 Å². The van der Waals surface area contributed by atoms with Crippen molar-refractivity contribution in [1.29, 1.82) is 0 Å². The summed E-state index contributed by atoms with van der Waals surface area (Å²) in [5.41, 5.74) is 1.41. The molecule has 0 saturated carbocycles. The molecule has 2 aliphatic heterocycles. The topological polar surface area (TPSA) is 63.4 Å².